The summed E-state index contributed by atoms with van der Waals surface area (Å²) in [6.45, 7) is 4.68. The molecule has 146 valence electrons. The number of carbonyl (C=O) groups excluding carboxylic acids is 2. The first-order valence-electron chi connectivity index (χ1n) is 10.4. The maximum absolute atomic E-state index is 12.0. The first-order valence-corrected chi connectivity index (χ1v) is 10.4. The number of hydrogen-bond acceptors (Lipinski definition) is 6. The van der Waals surface area contributed by atoms with Gasteiger partial charge in [0.2, 0.25) is 5.91 Å². The molecule has 8 nitrogen and oxygen atoms in total. The first kappa shape index (κ1) is 18.6. The number of imide groups is 1. The number of piperidine rings is 3. The van der Waals surface area contributed by atoms with Crippen molar-refractivity contribution in [2.45, 2.75) is 56.5 Å². The highest BCUT2D eigenvalue weighted by molar-refractivity contribution is 6.08. The van der Waals surface area contributed by atoms with Gasteiger partial charge in [0.1, 0.15) is 13.9 Å². The zero-order chi connectivity index (χ0) is 18.8. The van der Waals surface area contributed by atoms with Crippen LogP contribution in [-0.2, 0) is 9.59 Å². The number of aromatic nitrogens is 3. The number of likely N-dealkylation sites (tertiary alicyclic amines) is 2. The van der Waals surface area contributed by atoms with E-state index >= 15 is 0 Å². The number of nitrogens with one attached hydrogen (secondary N) is 1. The normalized spacial score (nSPS) is 27.0. The Morgan fingerprint density at radius 1 is 1.07 bits per heavy atom. The van der Waals surface area contributed by atoms with Crippen LogP contribution in [0.1, 0.15) is 56.2 Å². The summed E-state index contributed by atoms with van der Waals surface area (Å²) in [6.07, 6.45) is 8.71. The van der Waals surface area contributed by atoms with E-state index in [9.17, 15) is 9.59 Å². The van der Waals surface area contributed by atoms with Gasteiger partial charge in [-0.3, -0.25) is 14.9 Å². The molecule has 2 amide bonds. The lowest BCUT2D eigenvalue weighted by Gasteiger charge is -2.41. The molecular weight excluding hydrogens is 343 g/mol. The Hall–Kier alpha value is -1.74. The van der Waals surface area contributed by atoms with Crippen LogP contribution in [0.2, 0.25) is 0 Å². The van der Waals surface area contributed by atoms with Gasteiger partial charge < -0.3 is 9.80 Å². The van der Waals surface area contributed by atoms with Crippen molar-refractivity contribution < 1.29 is 9.59 Å². The van der Waals surface area contributed by atoms with Crippen molar-refractivity contribution in [1.82, 2.24) is 30.1 Å². The van der Waals surface area contributed by atoms with Crippen LogP contribution in [0.5, 0.6) is 0 Å². The van der Waals surface area contributed by atoms with Gasteiger partial charge in [-0.05, 0) is 64.7 Å². The largest absolute Gasteiger partial charge is 0.311 e. The van der Waals surface area contributed by atoms with E-state index in [-0.39, 0.29) is 11.8 Å². The lowest BCUT2D eigenvalue weighted by Crippen LogP contribution is -2.47. The zero-order valence-corrected chi connectivity index (χ0v) is 16.1. The predicted octanol–water partition coefficient (Wildman–Crippen LogP) is -0.510. The van der Waals surface area contributed by atoms with Crippen LogP contribution in [-0.4, -0.2) is 83.1 Å². The van der Waals surface area contributed by atoms with Gasteiger partial charge in [-0.2, -0.15) is 0 Å². The van der Waals surface area contributed by atoms with Gasteiger partial charge in [-0.25, -0.2) is 4.68 Å². The Balaban J connectivity index is 1.31. The van der Waals surface area contributed by atoms with Gasteiger partial charge in [0.25, 0.3) is 5.91 Å². The highest BCUT2D eigenvalue weighted by atomic mass is 16.2. The highest BCUT2D eigenvalue weighted by Gasteiger charge is 2.32. The molecule has 1 unspecified atom stereocenters. The molecule has 1 aromatic rings. The maximum atomic E-state index is 12.0. The molecule has 0 aliphatic carbocycles. The van der Waals surface area contributed by atoms with Crippen molar-refractivity contribution in [3.8, 4) is 0 Å². The molecule has 1 N–H and O–H groups in total. The van der Waals surface area contributed by atoms with Gasteiger partial charge in [0.05, 0.1) is 5.69 Å². The average Bonchev–Trinajstić information content (AvgIpc) is 3.18. The molecule has 0 aromatic carbocycles. The molecular formula is C18H29BN6O2. The Kier molecular flexibility index (Phi) is 5.59. The molecule has 0 saturated carbocycles. The lowest BCUT2D eigenvalue weighted by atomic mass is 9.91. The summed E-state index contributed by atoms with van der Waals surface area (Å²) in [5.74, 6) is -0.0521. The number of carbonyl (C=O) groups is 2. The molecule has 0 radical (unpaired) electrons. The summed E-state index contributed by atoms with van der Waals surface area (Å²) in [5.41, 5.74) is 0.986. The summed E-state index contributed by atoms with van der Waals surface area (Å²) in [5, 5.41) is 10.9. The fourth-order valence-electron chi connectivity index (χ4n) is 4.73. The van der Waals surface area contributed by atoms with Crippen LogP contribution in [0.3, 0.4) is 0 Å². The van der Waals surface area contributed by atoms with Crippen LogP contribution in [0.25, 0.3) is 0 Å². The molecule has 3 fully saturated rings. The summed E-state index contributed by atoms with van der Waals surface area (Å²) in [7, 11) is 2.24. The maximum Gasteiger partial charge on any atom is 0.251 e. The average molecular weight is 372 g/mol. The van der Waals surface area contributed by atoms with E-state index in [0.717, 1.165) is 44.1 Å². The molecule has 9 heteroatoms. The fraction of sp³-hybridized carbons (Fsp3) is 0.778. The predicted molar refractivity (Wildman–Crippen MR) is 103 cm³/mol. The minimum Gasteiger partial charge on any atom is -0.311 e. The molecule has 3 saturated heterocycles. The minimum atomic E-state index is -0.409. The van der Waals surface area contributed by atoms with E-state index in [1.54, 1.807) is 4.68 Å². The van der Waals surface area contributed by atoms with E-state index in [2.05, 4.69) is 33.3 Å². The van der Waals surface area contributed by atoms with Crippen LogP contribution in [0, 0.1) is 0 Å². The van der Waals surface area contributed by atoms with Crippen molar-refractivity contribution >= 4 is 19.7 Å². The van der Waals surface area contributed by atoms with Crippen molar-refractivity contribution in [3.63, 3.8) is 0 Å². The Morgan fingerprint density at radius 3 is 2.48 bits per heavy atom. The zero-order valence-electron chi connectivity index (χ0n) is 16.1. The van der Waals surface area contributed by atoms with E-state index < -0.39 is 6.04 Å². The fourth-order valence-corrected chi connectivity index (χ4v) is 4.73. The van der Waals surface area contributed by atoms with Crippen LogP contribution in [0.15, 0.2) is 6.20 Å². The number of amides is 2. The molecule has 1 atom stereocenters. The third-order valence-electron chi connectivity index (χ3n) is 6.53. The molecule has 0 spiro atoms. The van der Waals surface area contributed by atoms with Crippen LogP contribution in [0.4, 0.5) is 0 Å². The molecule has 1 aromatic heterocycles. The smallest absolute Gasteiger partial charge is 0.251 e. The quantitative estimate of drug-likeness (QED) is 0.566. The highest BCUT2D eigenvalue weighted by Crippen LogP contribution is 2.30. The second-order valence-corrected chi connectivity index (χ2v) is 8.07. The topological polar surface area (TPSA) is 83.4 Å². The standard InChI is InChI=1S/C18H29BN6O2/c19-12-23-7-5-14(6-8-23)24-9-3-13(4-10-24)15-11-25(22-21-15)16-1-2-17(26)20-18(16)27/h11,13-14,16H,1-10,12,19H2,(H,20,26,27). The molecule has 0 bridgehead atoms. The second-order valence-electron chi connectivity index (χ2n) is 8.07. The van der Waals surface area contributed by atoms with Gasteiger partial charge in [-0.15, -0.1) is 5.10 Å². The summed E-state index contributed by atoms with van der Waals surface area (Å²) >= 11 is 0. The Labute approximate surface area is 161 Å². The van der Waals surface area contributed by atoms with Crippen molar-refractivity contribution in [2.75, 3.05) is 32.6 Å². The number of rotatable bonds is 4. The van der Waals surface area contributed by atoms with Gasteiger partial charge in [-0.1, -0.05) is 5.21 Å². The van der Waals surface area contributed by atoms with Crippen molar-refractivity contribution in [1.29, 1.82) is 0 Å². The first-order chi connectivity index (χ1) is 13.1. The van der Waals surface area contributed by atoms with Gasteiger partial charge >= 0.3 is 0 Å². The summed E-state index contributed by atoms with van der Waals surface area (Å²) in [6, 6.07) is 0.320. The SMILES string of the molecule is BCN1CCC(N2CCC(c3cn(C4CCC(=O)NC4=O)nn3)CC2)CC1. The van der Waals surface area contributed by atoms with E-state index in [1.165, 1.54) is 25.9 Å². The summed E-state index contributed by atoms with van der Waals surface area (Å²) < 4.78 is 1.64. The van der Waals surface area contributed by atoms with Crippen molar-refractivity contribution in [2.24, 2.45) is 0 Å². The number of hydrogen-bond donors (Lipinski definition) is 1. The second kappa shape index (κ2) is 8.10. The van der Waals surface area contributed by atoms with E-state index in [1.807, 2.05) is 6.20 Å². The third-order valence-corrected chi connectivity index (χ3v) is 6.53. The van der Waals surface area contributed by atoms with E-state index in [0.29, 0.717) is 18.8 Å². The molecule has 3 aliphatic rings. The molecule has 27 heavy (non-hydrogen) atoms. The third kappa shape index (κ3) is 4.08. The van der Waals surface area contributed by atoms with Gasteiger partial charge in [0, 0.05) is 24.6 Å². The Bertz CT molecular complexity index is 679. The minimum absolute atomic E-state index is 0.200. The monoisotopic (exact) mass is 372 g/mol. The van der Waals surface area contributed by atoms with Crippen LogP contribution < -0.4 is 5.32 Å². The van der Waals surface area contributed by atoms with Crippen LogP contribution >= 0.6 is 0 Å². The number of nitrogens with zero attached hydrogens (tertiary/aromatic N) is 5. The summed E-state index contributed by atoms with van der Waals surface area (Å²) in [4.78, 5) is 28.5. The lowest BCUT2D eigenvalue weighted by molar-refractivity contribution is -0.136. The Morgan fingerprint density at radius 2 is 1.81 bits per heavy atom. The molecule has 4 heterocycles. The van der Waals surface area contributed by atoms with E-state index in [4.69, 9.17) is 0 Å². The van der Waals surface area contributed by atoms with Gasteiger partial charge in [0.15, 0.2) is 0 Å². The molecule has 4 rings (SSSR count). The van der Waals surface area contributed by atoms with Crippen molar-refractivity contribution in [3.05, 3.63) is 11.9 Å². The molecule has 3 aliphatic heterocycles.